The largest absolute Gasteiger partial charge is 0.329 e. The third-order valence-electron chi connectivity index (χ3n) is 4.53. The Hall–Kier alpha value is -1.84. The molecule has 1 unspecified atom stereocenters. The van der Waals surface area contributed by atoms with Gasteiger partial charge in [-0.25, -0.2) is 0 Å². The van der Waals surface area contributed by atoms with Crippen LogP contribution in [0.5, 0.6) is 0 Å². The molecule has 2 amide bonds. The van der Waals surface area contributed by atoms with E-state index in [1.807, 2.05) is 32.0 Å². The van der Waals surface area contributed by atoms with E-state index >= 15 is 0 Å². The molecule has 2 saturated heterocycles. The van der Waals surface area contributed by atoms with Gasteiger partial charge in [0.1, 0.15) is 12.6 Å². The first-order valence-corrected chi connectivity index (χ1v) is 7.26. The van der Waals surface area contributed by atoms with Crippen LogP contribution in [0.1, 0.15) is 30.4 Å². The van der Waals surface area contributed by atoms with E-state index in [9.17, 15) is 9.59 Å². The highest BCUT2D eigenvalue weighted by Gasteiger charge is 2.41. The van der Waals surface area contributed by atoms with Gasteiger partial charge >= 0.3 is 0 Å². The van der Waals surface area contributed by atoms with Crippen molar-refractivity contribution in [1.29, 1.82) is 0 Å². The molecule has 1 aromatic rings. The zero-order valence-electron chi connectivity index (χ0n) is 12.1. The van der Waals surface area contributed by atoms with Crippen molar-refractivity contribution in [3.05, 3.63) is 29.3 Å². The maximum absolute atomic E-state index is 12.7. The minimum atomic E-state index is -0.245. The zero-order chi connectivity index (χ0) is 14.3. The van der Waals surface area contributed by atoms with Crippen molar-refractivity contribution in [2.24, 2.45) is 0 Å². The third-order valence-corrected chi connectivity index (χ3v) is 4.53. The van der Waals surface area contributed by atoms with Gasteiger partial charge in [0.05, 0.1) is 0 Å². The first kappa shape index (κ1) is 13.2. The van der Waals surface area contributed by atoms with Crippen LogP contribution in [0.2, 0.25) is 0 Å². The maximum Gasteiger partial charge on any atom is 0.250 e. The van der Waals surface area contributed by atoms with Crippen molar-refractivity contribution in [2.45, 2.75) is 39.2 Å². The first-order chi connectivity index (χ1) is 9.59. The van der Waals surface area contributed by atoms with Crippen molar-refractivity contribution in [3.63, 3.8) is 0 Å². The molecule has 0 bridgehead atoms. The number of benzene rings is 1. The average Bonchev–Trinajstić information content (AvgIpc) is 2.46. The Morgan fingerprint density at radius 3 is 2.75 bits per heavy atom. The lowest BCUT2D eigenvalue weighted by atomic mass is 9.97. The van der Waals surface area contributed by atoms with Crippen molar-refractivity contribution in [1.82, 2.24) is 4.90 Å². The summed E-state index contributed by atoms with van der Waals surface area (Å²) < 4.78 is 0. The number of rotatable bonds is 1. The van der Waals surface area contributed by atoms with Crippen LogP contribution in [0, 0.1) is 13.8 Å². The second kappa shape index (κ2) is 4.93. The van der Waals surface area contributed by atoms with Gasteiger partial charge in [0.25, 0.3) is 0 Å². The molecule has 4 heteroatoms. The molecule has 1 aromatic carbocycles. The smallest absolute Gasteiger partial charge is 0.250 e. The molecule has 2 fully saturated rings. The topological polar surface area (TPSA) is 40.6 Å². The maximum atomic E-state index is 12.7. The summed E-state index contributed by atoms with van der Waals surface area (Å²) in [7, 11) is 0. The fourth-order valence-electron chi connectivity index (χ4n) is 3.20. The highest BCUT2D eigenvalue weighted by molar-refractivity contribution is 6.07. The molecule has 20 heavy (non-hydrogen) atoms. The van der Waals surface area contributed by atoms with E-state index < -0.39 is 0 Å². The molecule has 2 aliphatic heterocycles. The van der Waals surface area contributed by atoms with Crippen molar-refractivity contribution >= 4 is 17.5 Å². The first-order valence-electron chi connectivity index (χ1n) is 7.26. The summed E-state index contributed by atoms with van der Waals surface area (Å²) in [5.41, 5.74) is 3.11. The molecule has 0 N–H and O–H groups in total. The SMILES string of the molecule is Cc1cccc(N2CC(=O)N3CCCCC3C2=O)c1C. The number of nitrogens with zero attached hydrogens (tertiary/aromatic N) is 2. The van der Waals surface area contributed by atoms with E-state index in [4.69, 9.17) is 0 Å². The highest BCUT2D eigenvalue weighted by Crippen LogP contribution is 2.29. The van der Waals surface area contributed by atoms with Crippen LogP contribution in [-0.2, 0) is 9.59 Å². The molecular weight excluding hydrogens is 252 g/mol. The Bertz CT molecular complexity index is 568. The minimum absolute atomic E-state index is 0.0789. The number of hydrogen-bond donors (Lipinski definition) is 0. The number of piperazine rings is 1. The Morgan fingerprint density at radius 2 is 1.95 bits per heavy atom. The summed E-state index contributed by atoms with van der Waals surface area (Å²) in [6.07, 6.45) is 2.84. The third kappa shape index (κ3) is 1.99. The summed E-state index contributed by atoms with van der Waals surface area (Å²) in [5, 5.41) is 0. The molecule has 4 nitrogen and oxygen atoms in total. The quantitative estimate of drug-likeness (QED) is 0.785. The van der Waals surface area contributed by atoms with Gasteiger partial charge in [-0.1, -0.05) is 12.1 Å². The molecule has 0 saturated carbocycles. The number of fused-ring (bicyclic) bond motifs is 1. The number of hydrogen-bond acceptors (Lipinski definition) is 2. The number of carbonyl (C=O) groups excluding carboxylic acids is 2. The molecule has 0 aromatic heterocycles. The predicted octanol–water partition coefficient (Wildman–Crippen LogP) is 2.03. The van der Waals surface area contributed by atoms with Crippen LogP contribution in [-0.4, -0.2) is 35.8 Å². The standard InChI is InChI=1S/C16H20N2O2/c1-11-6-5-8-13(12(11)2)18-10-15(19)17-9-4-3-7-14(17)16(18)20/h5-6,8,14H,3-4,7,9-10H2,1-2H3. The van der Waals surface area contributed by atoms with E-state index in [2.05, 4.69) is 0 Å². The normalized spacial score (nSPS) is 23.0. The van der Waals surface area contributed by atoms with E-state index in [-0.39, 0.29) is 24.4 Å². The van der Waals surface area contributed by atoms with E-state index in [0.717, 1.165) is 42.6 Å². The minimum Gasteiger partial charge on any atom is -0.329 e. The van der Waals surface area contributed by atoms with E-state index in [0.29, 0.717) is 0 Å². The molecule has 0 spiro atoms. The number of carbonyl (C=O) groups is 2. The summed E-state index contributed by atoms with van der Waals surface area (Å²) >= 11 is 0. The summed E-state index contributed by atoms with van der Waals surface area (Å²) in [6, 6.07) is 5.67. The van der Waals surface area contributed by atoms with Crippen LogP contribution in [0.25, 0.3) is 0 Å². The van der Waals surface area contributed by atoms with Gasteiger partial charge in [0.2, 0.25) is 11.8 Å². The van der Waals surface area contributed by atoms with E-state index in [1.165, 1.54) is 0 Å². The predicted molar refractivity (Wildman–Crippen MR) is 77.6 cm³/mol. The van der Waals surface area contributed by atoms with Crippen LogP contribution in [0.3, 0.4) is 0 Å². The lowest BCUT2D eigenvalue weighted by molar-refractivity contribution is -0.144. The second-order valence-corrected chi connectivity index (χ2v) is 5.74. The second-order valence-electron chi connectivity index (χ2n) is 5.74. The van der Waals surface area contributed by atoms with Crippen LogP contribution in [0.4, 0.5) is 5.69 Å². The highest BCUT2D eigenvalue weighted by atomic mass is 16.2. The van der Waals surface area contributed by atoms with Gasteiger partial charge in [-0.3, -0.25) is 9.59 Å². The molecule has 3 rings (SSSR count). The summed E-state index contributed by atoms with van der Waals surface area (Å²) in [6.45, 7) is 4.95. The van der Waals surface area contributed by atoms with Gasteiger partial charge < -0.3 is 9.80 Å². The Labute approximate surface area is 119 Å². The van der Waals surface area contributed by atoms with Gasteiger partial charge in [0, 0.05) is 12.2 Å². The van der Waals surface area contributed by atoms with Gasteiger partial charge in [-0.15, -0.1) is 0 Å². The van der Waals surface area contributed by atoms with E-state index in [1.54, 1.807) is 9.80 Å². The number of piperidine rings is 1. The number of amides is 2. The zero-order valence-corrected chi connectivity index (χ0v) is 12.1. The molecule has 2 heterocycles. The monoisotopic (exact) mass is 272 g/mol. The molecule has 1 atom stereocenters. The van der Waals surface area contributed by atoms with Crippen molar-refractivity contribution in [2.75, 3.05) is 18.0 Å². The lowest BCUT2D eigenvalue weighted by Gasteiger charge is -2.43. The Morgan fingerprint density at radius 1 is 1.15 bits per heavy atom. The van der Waals surface area contributed by atoms with Crippen molar-refractivity contribution in [3.8, 4) is 0 Å². The fraction of sp³-hybridized carbons (Fsp3) is 0.500. The van der Waals surface area contributed by atoms with Gasteiger partial charge in [-0.2, -0.15) is 0 Å². The molecule has 0 aliphatic carbocycles. The summed E-state index contributed by atoms with van der Waals surface area (Å²) in [5.74, 6) is 0.160. The van der Waals surface area contributed by atoms with Crippen molar-refractivity contribution < 1.29 is 9.59 Å². The number of aryl methyl sites for hydroxylation is 1. The van der Waals surface area contributed by atoms with Crippen LogP contribution < -0.4 is 4.90 Å². The molecular formula is C16H20N2O2. The van der Waals surface area contributed by atoms with Crippen LogP contribution in [0.15, 0.2) is 18.2 Å². The van der Waals surface area contributed by atoms with Gasteiger partial charge in [-0.05, 0) is 50.3 Å². The summed E-state index contributed by atoms with van der Waals surface area (Å²) in [4.78, 5) is 28.4. The average molecular weight is 272 g/mol. The van der Waals surface area contributed by atoms with Gasteiger partial charge in [0.15, 0.2) is 0 Å². The molecule has 106 valence electrons. The lowest BCUT2D eigenvalue weighted by Crippen LogP contribution is -2.61. The fourth-order valence-corrected chi connectivity index (χ4v) is 3.20. The Balaban J connectivity index is 1.96. The number of anilines is 1. The van der Waals surface area contributed by atoms with Crippen LogP contribution >= 0.6 is 0 Å². The Kier molecular flexibility index (Phi) is 3.24. The molecule has 0 radical (unpaired) electrons. The molecule has 2 aliphatic rings.